The third kappa shape index (κ3) is 4.94. The van der Waals surface area contributed by atoms with Gasteiger partial charge in [-0.05, 0) is 18.3 Å². The lowest BCUT2D eigenvalue weighted by atomic mass is 9.91. The van der Waals surface area contributed by atoms with Gasteiger partial charge in [-0.2, -0.15) is 0 Å². The van der Waals surface area contributed by atoms with E-state index in [4.69, 9.17) is 1.37 Å². The number of allylic oxidation sites excluding steroid dienone is 1. The average molecular weight is 239 g/mol. The van der Waals surface area contributed by atoms with Crippen molar-refractivity contribution >= 4 is 22.6 Å². The van der Waals surface area contributed by atoms with Crippen LogP contribution in [0.2, 0.25) is 0 Å². The van der Waals surface area contributed by atoms with E-state index in [1.54, 1.807) is 0 Å². The zero-order chi connectivity index (χ0) is 8.20. The Bertz CT molecular complexity index is 108. The molecular formula is C8H15I. The van der Waals surface area contributed by atoms with Crippen molar-refractivity contribution < 1.29 is 1.37 Å². The van der Waals surface area contributed by atoms with Crippen LogP contribution in [-0.4, -0.2) is 4.40 Å². The maximum Gasteiger partial charge on any atom is 0.0383 e. The second-order valence-electron chi connectivity index (χ2n) is 2.93. The van der Waals surface area contributed by atoms with E-state index < -0.39 is 0 Å². The van der Waals surface area contributed by atoms with Gasteiger partial charge in [-0.3, -0.25) is 0 Å². The van der Waals surface area contributed by atoms with Crippen molar-refractivity contribution in [1.82, 2.24) is 0 Å². The van der Waals surface area contributed by atoms with Gasteiger partial charge >= 0.3 is 0 Å². The van der Waals surface area contributed by atoms with Crippen LogP contribution in [-0.2, 0) is 0 Å². The van der Waals surface area contributed by atoms with Gasteiger partial charge in [0.05, 0.1) is 0 Å². The molecule has 0 bridgehead atoms. The minimum atomic E-state index is -0.00921. The molecule has 0 spiro atoms. The second kappa shape index (κ2) is 4.31. The molecule has 0 rings (SSSR count). The van der Waals surface area contributed by atoms with E-state index in [-0.39, 0.29) is 9.82 Å². The Labute approximate surface area is 73.3 Å². The van der Waals surface area contributed by atoms with Gasteiger partial charge in [0.25, 0.3) is 0 Å². The van der Waals surface area contributed by atoms with E-state index in [0.717, 1.165) is 12.8 Å². The van der Waals surface area contributed by atoms with E-state index in [9.17, 15) is 0 Å². The zero-order valence-electron chi connectivity index (χ0n) is 7.15. The second-order valence-corrected chi connectivity index (χ2v) is 3.55. The Morgan fingerprint density at radius 3 is 2.67 bits per heavy atom. The molecule has 0 heterocycles. The fourth-order valence-electron chi connectivity index (χ4n) is 0.529. The summed E-state index contributed by atoms with van der Waals surface area (Å²) in [6.45, 7) is 7.91. The molecule has 0 aromatic heterocycles. The maximum absolute atomic E-state index is 7.51. The van der Waals surface area contributed by atoms with Crippen LogP contribution in [0.4, 0.5) is 0 Å². The molecule has 0 aromatic rings. The number of hydrogen-bond donors (Lipinski definition) is 0. The summed E-state index contributed by atoms with van der Waals surface area (Å²) in [7, 11) is 0. The molecule has 0 saturated carbocycles. The zero-order valence-corrected chi connectivity index (χ0v) is 8.31. The van der Waals surface area contributed by atoms with Gasteiger partial charge in [0.1, 0.15) is 0 Å². The van der Waals surface area contributed by atoms with Crippen molar-refractivity contribution in [3.05, 3.63) is 12.7 Å². The standard InChI is InChI=1S/C8H15I/c1-4-5-6-8(2,3)7-9/h4H,1,5-7H2,2-3H3/i7D. The fourth-order valence-corrected chi connectivity index (χ4v) is 0.840. The molecule has 0 aliphatic heterocycles. The largest absolute Gasteiger partial charge is 0.103 e. The molecule has 1 unspecified atom stereocenters. The summed E-state index contributed by atoms with van der Waals surface area (Å²) in [6.07, 6.45) is 4.00. The highest BCUT2D eigenvalue weighted by molar-refractivity contribution is 14.1. The predicted molar refractivity (Wildman–Crippen MR) is 52.1 cm³/mol. The Balaban J connectivity index is 3.74. The summed E-state index contributed by atoms with van der Waals surface area (Å²) in [4.78, 5) is 0. The van der Waals surface area contributed by atoms with Crippen LogP contribution in [0.15, 0.2) is 12.7 Å². The molecular weight excluding hydrogens is 223 g/mol. The summed E-state index contributed by atoms with van der Waals surface area (Å²) in [6, 6.07) is 0. The van der Waals surface area contributed by atoms with Crippen molar-refractivity contribution in [2.75, 3.05) is 4.40 Å². The van der Waals surface area contributed by atoms with Crippen molar-refractivity contribution in [3.8, 4) is 0 Å². The van der Waals surface area contributed by atoms with Crippen LogP contribution in [0.5, 0.6) is 0 Å². The summed E-state index contributed by atoms with van der Waals surface area (Å²) in [5.41, 5.74) is 0.134. The first-order chi connectivity index (χ1) is 4.50. The molecule has 9 heavy (non-hydrogen) atoms. The van der Waals surface area contributed by atoms with E-state index in [0.29, 0.717) is 0 Å². The summed E-state index contributed by atoms with van der Waals surface area (Å²) >= 11 is 2.16. The van der Waals surface area contributed by atoms with Gasteiger partial charge in [-0.1, -0.05) is 42.5 Å². The lowest BCUT2D eigenvalue weighted by molar-refractivity contribution is 0.398. The molecule has 0 radical (unpaired) electrons. The quantitative estimate of drug-likeness (QED) is 0.400. The Morgan fingerprint density at radius 1 is 1.78 bits per heavy atom. The SMILES string of the molecule is [2H]C(I)C(C)(C)CCC=C. The number of rotatable bonds is 4. The van der Waals surface area contributed by atoms with Crippen molar-refractivity contribution in [2.24, 2.45) is 5.41 Å². The summed E-state index contributed by atoms with van der Waals surface area (Å²) < 4.78 is 7.50. The Hall–Kier alpha value is 0.470. The van der Waals surface area contributed by atoms with Gasteiger partial charge in [0, 0.05) is 5.77 Å². The van der Waals surface area contributed by atoms with Crippen LogP contribution >= 0.6 is 22.6 Å². The highest BCUT2D eigenvalue weighted by Gasteiger charge is 2.13. The van der Waals surface area contributed by atoms with Gasteiger partial charge in [0.2, 0.25) is 0 Å². The third-order valence-corrected chi connectivity index (χ3v) is 2.97. The maximum atomic E-state index is 7.51. The fraction of sp³-hybridized carbons (Fsp3) is 0.750. The Kier molecular flexibility index (Phi) is 3.63. The van der Waals surface area contributed by atoms with Crippen molar-refractivity contribution in [2.45, 2.75) is 26.7 Å². The molecule has 0 nitrogen and oxygen atoms in total. The topological polar surface area (TPSA) is 0 Å². The molecule has 0 saturated heterocycles. The summed E-state index contributed by atoms with van der Waals surface area (Å²) in [5.74, 6) is 0. The third-order valence-electron chi connectivity index (χ3n) is 1.29. The normalized spacial score (nSPS) is 16.6. The highest BCUT2D eigenvalue weighted by atomic mass is 127. The van der Waals surface area contributed by atoms with Gasteiger partial charge in [-0.15, -0.1) is 6.58 Å². The predicted octanol–water partition coefficient (Wildman–Crippen LogP) is 3.41. The van der Waals surface area contributed by atoms with Gasteiger partial charge < -0.3 is 0 Å². The lowest BCUT2D eigenvalue weighted by Crippen LogP contribution is -2.11. The lowest BCUT2D eigenvalue weighted by Gasteiger charge is -2.19. The first kappa shape index (κ1) is 7.58. The van der Waals surface area contributed by atoms with Crippen LogP contribution in [0.25, 0.3) is 0 Å². The molecule has 0 amide bonds. The monoisotopic (exact) mass is 239 g/mol. The summed E-state index contributed by atoms with van der Waals surface area (Å²) in [5, 5.41) is 0. The first-order valence-electron chi connectivity index (χ1n) is 3.75. The van der Waals surface area contributed by atoms with Crippen LogP contribution < -0.4 is 0 Å². The minimum absolute atomic E-state index is 0.00921. The van der Waals surface area contributed by atoms with E-state index >= 15 is 0 Å². The molecule has 54 valence electrons. The van der Waals surface area contributed by atoms with E-state index in [2.05, 4.69) is 43.0 Å². The number of halogens is 1. The molecule has 0 fully saturated rings. The van der Waals surface area contributed by atoms with Crippen LogP contribution in [0.3, 0.4) is 0 Å². The highest BCUT2D eigenvalue weighted by Crippen LogP contribution is 2.24. The van der Waals surface area contributed by atoms with Crippen molar-refractivity contribution in [3.63, 3.8) is 0 Å². The number of alkyl halides is 1. The molecule has 0 N–H and O–H groups in total. The van der Waals surface area contributed by atoms with E-state index in [1.807, 2.05) is 6.08 Å². The molecule has 0 aliphatic rings. The van der Waals surface area contributed by atoms with E-state index in [1.165, 1.54) is 0 Å². The molecule has 0 aromatic carbocycles. The van der Waals surface area contributed by atoms with Gasteiger partial charge in [0.15, 0.2) is 0 Å². The molecule has 1 heteroatoms. The van der Waals surface area contributed by atoms with Gasteiger partial charge in [-0.25, -0.2) is 0 Å². The minimum Gasteiger partial charge on any atom is -0.103 e. The molecule has 1 atom stereocenters. The van der Waals surface area contributed by atoms with Crippen LogP contribution in [0, 0.1) is 5.41 Å². The number of hydrogen-bond acceptors (Lipinski definition) is 0. The average Bonchev–Trinajstić information content (AvgIpc) is 1.84. The first-order valence-corrected chi connectivity index (χ1v) is 4.42. The molecule has 0 aliphatic carbocycles. The Morgan fingerprint density at radius 2 is 2.33 bits per heavy atom. The van der Waals surface area contributed by atoms with Crippen molar-refractivity contribution in [1.29, 1.82) is 0 Å². The smallest absolute Gasteiger partial charge is 0.0383 e. The van der Waals surface area contributed by atoms with Crippen LogP contribution in [0.1, 0.15) is 28.1 Å².